The van der Waals surface area contributed by atoms with Gasteiger partial charge in [0.25, 0.3) is 0 Å². The van der Waals surface area contributed by atoms with Crippen LogP contribution in [0.15, 0.2) is 61.2 Å². The maximum Gasteiger partial charge on any atom is -0.0162 e. The molecule has 0 heterocycles. The summed E-state index contributed by atoms with van der Waals surface area (Å²) in [5, 5.41) is 0. The second-order valence-corrected chi connectivity index (χ2v) is 7.77. The van der Waals surface area contributed by atoms with Crippen molar-refractivity contribution in [3.63, 3.8) is 0 Å². The van der Waals surface area contributed by atoms with Crippen LogP contribution in [0.25, 0.3) is 5.57 Å². The minimum absolute atomic E-state index is 0.665. The third-order valence-electron chi connectivity index (χ3n) is 5.28. The maximum atomic E-state index is 4.29. The van der Waals surface area contributed by atoms with Crippen LogP contribution < -0.4 is 0 Å². The van der Waals surface area contributed by atoms with E-state index in [1.165, 1.54) is 60.8 Å². The summed E-state index contributed by atoms with van der Waals surface area (Å²) in [6.07, 6.45) is 7.59. The molecule has 1 unspecified atom stereocenters. The first-order valence-corrected chi connectivity index (χ1v) is 10.8. The molecule has 2 aromatic rings. The minimum Gasteiger partial charge on any atom is -0.0950 e. The van der Waals surface area contributed by atoms with Crippen molar-refractivity contribution in [3.05, 3.63) is 77.9 Å². The van der Waals surface area contributed by atoms with Gasteiger partial charge in [0.1, 0.15) is 0 Å². The van der Waals surface area contributed by atoms with E-state index in [1.807, 2.05) is 0 Å². The van der Waals surface area contributed by atoms with Gasteiger partial charge >= 0.3 is 0 Å². The van der Waals surface area contributed by atoms with Crippen molar-refractivity contribution in [2.75, 3.05) is 0 Å². The highest BCUT2D eigenvalue weighted by atomic mass is 14.2. The van der Waals surface area contributed by atoms with Crippen molar-refractivity contribution in [2.24, 2.45) is 5.92 Å². The van der Waals surface area contributed by atoms with E-state index in [4.69, 9.17) is 0 Å². The third kappa shape index (κ3) is 8.61. The number of aryl methyl sites for hydroxylation is 1. The summed E-state index contributed by atoms with van der Waals surface area (Å²) < 4.78 is 0. The Hall–Kier alpha value is -1.82. The average molecular weight is 365 g/mol. The number of rotatable bonds is 9. The molecular weight excluding hydrogens is 324 g/mol. The number of hydrogen-bond acceptors (Lipinski definition) is 0. The van der Waals surface area contributed by atoms with Gasteiger partial charge in [0.05, 0.1) is 0 Å². The van der Waals surface area contributed by atoms with Gasteiger partial charge in [0.2, 0.25) is 0 Å². The highest BCUT2D eigenvalue weighted by Gasteiger charge is 2.12. The van der Waals surface area contributed by atoms with Gasteiger partial charge in [-0.2, -0.15) is 0 Å². The summed E-state index contributed by atoms with van der Waals surface area (Å²) in [7, 11) is 0. The standard InChI is InChI=1S/C16H24.C11H16/c1-5-7-15(8-6-2)14(4)16-11-9-13(3)10-12-16;1-3-7-10(2)11-8-5-4-6-9-11/h9-12,15H,4-8H2,1-3H3;4-6,8-10H,3,7H2,1-2H3. The first kappa shape index (κ1) is 23.2. The monoisotopic (exact) mass is 364 g/mol. The van der Waals surface area contributed by atoms with Crippen molar-refractivity contribution in [2.45, 2.75) is 79.1 Å². The van der Waals surface area contributed by atoms with E-state index in [1.54, 1.807) is 0 Å². The summed E-state index contributed by atoms with van der Waals surface area (Å²) in [5.41, 5.74) is 5.43. The van der Waals surface area contributed by atoms with Crippen LogP contribution in [0, 0.1) is 12.8 Å². The van der Waals surface area contributed by atoms with Crippen LogP contribution in [-0.4, -0.2) is 0 Å². The lowest BCUT2D eigenvalue weighted by atomic mass is 9.87. The zero-order valence-electron chi connectivity index (χ0n) is 18.3. The van der Waals surface area contributed by atoms with Crippen LogP contribution in [0.5, 0.6) is 0 Å². The molecule has 0 saturated carbocycles. The van der Waals surface area contributed by atoms with Crippen molar-refractivity contribution in [1.82, 2.24) is 0 Å². The van der Waals surface area contributed by atoms with Gasteiger partial charge in [0, 0.05) is 0 Å². The normalized spacial score (nSPS) is 11.6. The topological polar surface area (TPSA) is 0 Å². The lowest BCUT2D eigenvalue weighted by Crippen LogP contribution is -2.02. The number of hydrogen-bond donors (Lipinski definition) is 0. The summed E-state index contributed by atoms with van der Waals surface area (Å²) in [6.45, 7) is 15.5. The van der Waals surface area contributed by atoms with Crippen molar-refractivity contribution in [1.29, 1.82) is 0 Å². The van der Waals surface area contributed by atoms with Crippen molar-refractivity contribution < 1.29 is 0 Å². The SMILES string of the molecule is C=C(c1ccc(C)cc1)C(CCC)CCC.CCCC(C)c1ccccc1. The third-order valence-corrected chi connectivity index (χ3v) is 5.28. The molecule has 0 radical (unpaired) electrons. The van der Waals surface area contributed by atoms with Crippen LogP contribution in [0.3, 0.4) is 0 Å². The fraction of sp³-hybridized carbons (Fsp3) is 0.481. The Morgan fingerprint density at radius 2 is 1.30 bits per heavy atom. The molecule has 27 heavy (non-hydrogen) atoms. The molecule has 1 atom stereocenters. The molecule has 0 fully saturated rings. The highest BCUT2D eigenvalue weighted by Crippen LogP contribution is 2.29. The molecule has 0 aliphatic carbocycles. The van der Waals surface area contributed by atoms with Crippen molar-refractivity contribution in [3.8, 4) is 0 Å². The Balaban J connectivity index is 0.000000289. The lowest BCUT2D eigenvalue weighted by molar-refractivity contribution is 0.544. The first-order valence-electron chi connectivity index (χ1n) is 10.8. The smallest absolute Gasteiger partial charge is 0.0162 e. The predicted octanol–water partition coefficient (Wildman–Crippen LogP) is 8.81. The minimum atomic E-state index is 0.665. The summed E-state index contributed by atoms with van der Waals surface area (Å²) in [6, 6.07) is 19.5. The lowest BCUT2D eigenvalue weighted by Gasteiger charge is -2.18. The van der Waals surface area contributed by atoms with Crippen LogP contribution in [0.2, 0.25) is 0 Å². The van der Waals surface area contributed by atoms with Crippen LogP contribution in [0.4, 0.5) is 0 Å². The summed E-state index contributed by atoms with van der Waals surface area (Å²) >= 11 is 0. The first-order chi connectivity index (χ1) is 13.0. The van der Waals surface area contributed by atoms with Gasteiger partial charge in [-0.05, 0) is 54.7 Å². The van der Waals surface area contributed by atoms with Gasteiger partial charge in [0.15, 0.2) is 0 Å². The van der Waals surface area contributed by atoms with Crippen LogP contribution in [0.1, 0.15) is 88.8 Å². The molecule has 0 heteroatoms. The number of allylic oxidation sites excluding steroid dienone is 1. The fourth-order valence-electron chi connectivity index (χ4n) is 3.57. The Bertz CT molecular complexity index is 615. The second-order valence-electron chi connectivity index (χ2n) is 7.77. The molecule has 0 N–H and O–H groups in total. The van der Waals surface area contributed by atoms with Crippen LogP contribution in [-0.2, 0) is 0 Å². The average Bonchev–Trinajstić information content (AvgIpc) is 2.69. The largest absolute Gasteiger partial charge is 0.0950 e. The Labute approximate surface area is 168 Å². The molecular formula is C27H40. The second kappa shape index (κ2) is 13.4. The molecule has 0 aliphatic rings. The Morgan fingerprint density at radius 1 is 0.778 bits per heavy atom. The van der Waals surface area contributed by atoms with E-state index in [-0.39, 0.29) is 0 Å². The molecule has 148 valence electrons. The van der Waals surface area contributed by atoms with Gasteiger partial charge in [-0.25, -0.2) is 0 Å². The van der Waals surface area contributed by atoms with E-state index in [9.17, 15) is 0 Å². The highest BCUT2D eigenvalue weighted by molar-refractivity contribution is 5.65. The van der Waals surface area contributed by atoms with E-state index in [0.29, 0.717) is 5.92 Å². The molecule has 2 rings (SSSR count). The zero-order chi connectivity index (χ0) is 20.1. The molecule has 0 bridgehead atoms. The van der Waals surface area contributed by atoms with Gasteiger partial charge in [-0.15, -0.1) is 0 Å². The van der Waals surface area contributed by atoms with E-state index in [2.05, 4.69) is 95.8 Å². The quantitative estimate of drug-likeness (QED) is 0.417. The maximum absolute atomic E-state index is 4.29. The van der Waals surface area contributed by atoms with E-state index >= 15 is 0 Å². The van der Waals surface area contributed by atoms with Crippen LogP contribution >= 0.6 is 0 Å². The molecule has 0 saturated heterocycles. The summed E-state index contributed by atoms with van der Waals surface area (Å²) in [4.78, 5) is 0. The molecule has 0 aromatic heterocycles. The summed E-state index contributed by atoms with van der Waals surface area (Å²) in [5.74, 6) is 1.39. The molecule has 2 aromatic carbocycles. The molecule has 0 aliphatic heterocycles. The van der Waals surface area contributed by atoms with E-state index < -0.39 is 0 Å². The van der Waals surface area contributed by atoms with Gasteiger partial charge in [-0.1, -0.05) is 114 Å². The predicted molar refractivity (Wildman–Crippen MR) is 123 cm³/mol. The van der Waals surface area contributed by atoms with Gasteiger partial charge in [-0.3, -0.25) is 0 Å². The Kier molecular flexibility index (Phi) is 11.5. The number of benzene rings is 2. The van der Waals surface area contributed by atoms with Gasteiger partial charge < -0.3 is 0 Å². The zero-order valence-corrected chi connectivity index (χ0v) is 18.3. The fourth-order valence-corrected chi connectivity index (χ4v) is 3.57. The molecule has 0 amide bonds. The Morgan fingerprint density at radius 3 is 1.78 bits per heavy atom. The van der Waals surface area contributed by atoms with E-state index in [0.717, 1.165) is 5.92 Å². The van der Waals surface area contributed by atoms with Crippen molar-refractivity contribution >= 4 is 5.57 Å². The molecule has 0 spiro atoms. The molecule has 0 nitrogen and oxygen atoms in total.